The second-order valence-electron chi connectivity index (χ2n) is 3.96. The molecule has 1 fully saturated rings. The molecule has 0 radical (unpaired) electrons. The normalized spacial score (nSPS) is 16.6. The van der Waals surface area contributed by atoms with Gasteiger partial charge in [-0.05, 0) is 19.1 Å². The number of likely N-dealkylation sites (N-methyl/N-ethyl adjacent to an activating group) is 1. The number of terminal acetylenes is 1. The van der Waals surface area contributed by atoms with E-state index in [0.29, 0.717) is 21.5 Å². The fourth-order valence-corrected chi connectivity index (χ4v) is 3.14. The van der Waals surface area contributed by atoms with Crippen molar-refractivity contribution in [3.05, 3.63) is 34.7 Å². The van der Waals surface area contributed by atoms with Crippen molar-refractivity contribution in [2.45, 2.75) is 6.92 Å². The van der Waals surface area contributed by atoms with Crippen molar-refractivity contribution in [1.82, 2.24) is 4.90 Å². The number of carbonyl (C=O) groups excluding carboxylic acids is 1. The molecule has 1 aromatic carbocycles. The van der Waals surface area contributed by atoms with Gasteiger partial charge in [0.05, 0.1) is 4.91 Å². The van der Waals surface area contributed by atoms with E-state index in [0.717, 1.165) is 5.56 Å². The molecule has 0 aromatic heterocycles. The predicted octanol–water partition coefficient (Wildman–Crippen LogP) is 2.92. The van der Waals surface area contributed by atoms with Crippen molar-refractivity contribution in [3.63, 3.8) is 0 Å². The number of rotatable bonds is 4. The number of nitrogens with zero attached hydrogens (tertiary/aromatic N) is 1. The van der Waals surface area contributed by atoms with E-state index < -0.39 is 0 Å². The van der Waals surface area contributed by atoms with Crippen LogP contribution in [0.1, 0.15) is 12.5 Å². The lowest BCUT2D eigenvalue weighted by atomic mass is 10.2. The van der Waals surface area contributed by atoms with Crippen molar-refractivity contribution in [2.24, 2.45) is 0 Å². The smallest absolute Gasteiger partial charge is 0.266 e. The van der Waals surface area contributed by atoms with Gasteiger partial charge in [0.2, 0.25) is 0 Å². The molecule has 2 rings (SSSR count). The largest absolute Gasteiger partial charge is 0.480 e. The summed E-state index contributed by atoms with van der Waals surface area (Å²) in [6, 6.07) is 7.45. The van der Waals surface area contributed by atoms with Crippen LogP contribution in [0.5, 0.6) is 5.75 Å². The van der Waals surface area contributed by atoms with Crippen molar-refractivity contribution in [1.29, 1.82) is 0 Å². The van der Waals surface area contributed by atoms with Crippen LogP contribution in [-0.2, 0) is 4.79 Å². The van der Waals surface area contributed by atoms with Gasteiger partial charge in [0, 0.05) is 12.1 Å². The van der Waals surface area contributed by atoms with Crippen LogP contribution >= 0.6 is 24.0 Å². The number of benzene rings is 1. The molecule has 20 heavy (non-hydrogen) atoms. The first-order valence-corrected chi connectivity index (χ1v) is 7.30. The maximum atomic E-state index is 12.2. The highest BCUT2D eigenvalue weighted by Crippen LogP contribution is 2.33. The van der Waals surface area contributed by atoms with Gasteiger partial charge in [-0.3, -0.25) is 9.69 Å². The van der Waals surface area contributed by atoms with Gasteiger partial charge in [-0.2, -0.15) is 0 Å². The highest BCUT2D eigenvalue weighted by Gasteiger charge is 2.30. The molecule has 0 unspecified atom stereocenters. The molecule has 1 aliphatic rings. The summed E-state index contributed by atoms with van der Waals surface area (Å²) in [4.78, 5) is 14.3. The fourth-order valence-electron chi connectivity index (χ4n) is 1.76. The zero-order chi connectivity index (χ0) is 14.5. The van der Waals surface area contributed by atoms with E-state index in [2.05, 4.69) is 5.92 Å². The van der Waals surface area contributed by atoms with Gasteiger partial charge in [-0.15, -0.1) is 6.42 Å². The minimum absolute atomic E-state index is 0.0609. The molecule has 3 nitrogen and oxygen atoms in total. The monoisotopic (exact) mass is 303 g/mol. The quantitative estimate of drug-likeness (QED) is 0.486. The number of thiocarbonyl (C=S) groups is 1. The summed E-state index contributed by atoms with van der Waals surface area (Å²) in [5.41, 5.74) is 0.819. The Bertz CT molecular complexity index is 617. The number of amides is 1. The van der Waals surface area contributed by atoms with E-state index in [9.17, 15) is 4.79 Å². The molecule has 0 aliphatic carbocycles. The Morgan fingerprint density at radius 3 is 2.90 bits per heavy atom. The Morgan fingerprint density at radius 1 is 1.50 bits per heavy atom. The molecule has 5 heteroatoms. The zero-order valence-electron chi connectivity index (χ0n) is 11.0. The summed E-state index contributed by atoms with van der Waals surface area (Å²) in [6.45, 7) is 2.68. The molecule has 0 bridgehead atoms. The molecule has 0 saturated carbocycles. The van der Waals surface area contributed by atoms with Crippen LogP contribution in [0.3, 0.4) is 0 Å². The molecule has 1 aliphatic heterocycles. The number of ether oxygens (including phenoxy) is 1. The molecular formula is C15H13NO2S2. The molecule has 102 valence electrons. The topological polar surface area (TPSA) is 29.5 Å². The third-order valence-corrected chi connectivity index (χ3v) is 4.08. The maximum absolute atomic E-state index is 12.2. The minimum atomic E-state index is -0.0609. The molecular weight excluding hydrogens is 290 g/mol. The van der Waals surface area contributed by atoms with Crippen molar-refractivity contribution in [2.75, 3.05) is 13.2 Å². The number of hydrogen-bond donors (Lipinski definition) is 0. The maximum Gasteiger partial charge on any atom is 0.266 e. The summed E-state index contributed by atoms with van der Waals surface area (Å²) >= 11 is 6.49. The van der Waals surface area contributed by atoms with Crippen LogP contribution in [0.25, 0.3) is 6.08 Å². The number of thioether (sulfide) groups is 1. The average Bonchev–Trinajstić information content (AvgIpc) is 2.72. The average molecular weight is 303 g/mol. The van der Waals surface area contributed by atoms with Crippen molar-refractivity contribution in [3.8, 4) is 18.1 Å². The van der Waals surface area contributed by atoms with Crippen LogP contribution < -0.4 is 4.74 Å². The van der Waals surface area contributed by atoms with Crippen molar-refractivity contribution < 1.29 is 9.53 Å². The Balaban J connectivity index is 2.30. The molecule has 0 spiro atoms. The van der Waals surface area contributed by atoms with Crippen LogP contribution in [-0.4, -0.2) is 28.3 Å². The molecule has 0 N–H and O–H groups in total. The Kier molecular flexibility index (Phi) is 4.83. The SMILES string of the molecule is C#CCOc1ccccc1C=C1SC(=S)N(CC)C1=O. The number of para-hydroxylation sites is 1. The fraction of sp³-hybridized carbons (Fsp3) is 0.200. The lowest BCUT2D eigenvalue weighted by molar-refractivity contribution is -0.121. The van der Waals surface area contributed by atoms with Crippen LogP contribution in [0.15, 0.2) is 29.2 Å². The Morgan fingerprint density at radius 2 is 2.25 bits per heavy atom. The first-order chi connectivity index (χ1) is 9.67. The lowest BCUT2D eigenvalue weighted by Crippen LogP contribution is -2.27. The van der Waals surface area contributed by atoms with Crippen molar-refractivity contribution >= 4 is 40.3 Å². The van der Waals surface area contributed by atoms with Gasteiger partial charge in [0.25, 0.3) is 5.91 Å². The number of hydrogen-bond acceptors (Lipinski definition) is 4. The number of carbonyl (C=O) groups is 1. The molecule has 1 saturated heterocycles. The van der Waals surface area contributed by atoms with E-state index in [1.54, 1.807) is 11.0 Å². The molecule has 1 aromatic rings. The van der Waals surface area contributed by atoms with E-state index in [1.165, 1.54) is 11.8 Å². The summed E-state index contributed by atoms with van der Waals surface area (Å²) < 4.78 is 6.05. The van der Waals surface area contributed by atoms with Crippen LogP contribution in [0, 0.1) is 12.3 Å². The van der Waals surface area contributed by atoms with Gasteiger partial charge in [0.15, 0.2) is 0 Å². The molecule has 0 atom stereocenters. The van der Waals surface area contributed by atoms with Crippen LogP contribution in [0.4, 0.5) is 0 Å². The lowest BCUT2D eigenvalue weighted by Gasteiger charge is -2.09. The third-order valence-electron chi connectivity index (χ3n) is 2.71. The van der Waals surface area contributed by atoms with E-state index >= 15 is 0 Å². The molecule has 1 amide bonds. The van der Waals surface area contributed by atoms with Gasteiger partial charge in [-0.25, -0.2) is 0 Å². The summed E-state index contributed by atoms with van der Waals surface area (Å²) in [7, 11) is 0. The van der Waals surface area contributed by atoms with E-state index in [4.69, 9.17) is 23.4 Å². The summed E-state index contributed by atoms with van der Waals surface area (Å²) in [5, 5.41) is 0. The summed E-state index contributed by atoms with van der Waals surface area (Å²) in [6.07, 6.45) is 6.99. The summed E-state index contributed by atoms with van der Waals surface area (Å²) in [5.74, 6) is 3.02. The van der Waals surface area contributed by atoms with E-state index in [-0.39, 0.29) is 12.5 Å². The van der Waals surface area contributed by atoms with Gasteiger partial charge in [0.1, 0.15) is 16.7 Å². The van der Waals surface area contributed by atoms with Gasteiger partial charge >= 0.3 is 0 Å². The second-order valence-corrected chi connectivity index (χ2v) is 5.63. The minimum Gasteiger partial charge on any atom is -0.480 e. The first kappa shape index (κ1) is 14.6. The Hall–Kier alpha value is -1.77. The zero-order valence-corrected chi connectivity index (χ0v) is 12.6. The Labute approximate surface area is 128 Å². The predicted molar refractivity (Wildman–Crippen MR) is 86.3 cm³/mol. The standard InChI is InChI=1S/C15H13NO2S2/c1-3-9-18-12-8-6-5-7-11(12)10-13-14(17)16(4-2)15(19)20-13/h1,5-8,10H,4,9H2,2H3. The second kappa shape index (κ2) is 6.60. The van der Waals surface area contributed by atoms with Gasteiger partial charge in [-0.1, -0.05) is 48.1 Å². The van der Waals surface area contributed by atoms with Gasteiger partial charge < -0.3 is 4.74 Å². The highest BCUT2D eigenvalue weighted by atomic mass is 32.2. The van der Waals surface area contributed by atoms with E-state index in [1.807, 2.05) is 31.2 Å². The molecule has 1 heterocycles. The highest BCUT2D eigenvalue weighted by molar-refractivity contribution is 8.26. The van der Waals surface area contributed by atoms with Crippen LogP contribution in [0.2, 0.25) is 0 Å². The first-order valence-electron chi connectivity index (χ1n) is 6.08. The third kappa shape index (κ3) is 3.03.